The molecule has 1 fully saturated rings. The first-order valence-electron chi connectivity index (χ1n) is 5.70. The van der Waals surface area contributed by atoms with Crippen LogP contribution >= 0.6 is 0 Å². The van der Waals surface area contributed by atoms with Crippen molar-refractivity contribution >= 4 is 5.91 Å². The number of rotatable bonds is 4. The summed E-state index contributed by atoms with van der Waals surface area (Å²) in [7, 11) is 1.52. The average Bonchev–Trinajstić information content (AvgIpc) is 2.89. The second kappa shape index (κ2) is 5.63. The molecule has 0 aliphatic carbocycles. The van der Waals surface area contributed by atoms with Gasteiger partial charge in [-0.2, -0.15) is 0 Å². The fraction of sp³-hybridized carbons (Fsp3) is 0.500. The lowest BCUT2D eigenvalue weighted by Gasteiger charge is -2.10. The van der Waals surface area contributed by atoms with E-state index in [1.807, 2.05) is 0 Å². The zero-order valence-corrected chi connectivity index (χ0v) is 9.81. The number of aromatic nitrogens is 1. The largest absolute Gasteiger partial charge is 0.481 e. The summed E-state index contributed by atoms with van der Waals surface area (Å²) < 4.78 is 10.4. The van der Waals surface area contributed by atoms with Gasteiger partial charge >= 0.3 is 0 Å². The maximum absolute atomic E-state index is 11.8. The number of amides is 1. The fourth-order valence-corrected chi connectivity index (χ4v) is 1.76. The van der Waals surface area contributed by atoms with Crippen molar-refractivity contribution in [2.24, 2.45) is 0 Å². The third kappa shape index (κ3) is 3.17. The molecule has 2 heterocycles. The lowest BCUT2D eigenvalue weighted by molar-refractivity contribution is 0.0853. The molecule has 0 spiro atoms. The molecule has 1 atom stereocenters. The van der Waals surface area contributed by atoms with Gasteiger partial charge in [0.2, 0.25) is 5.88 Å². The number of ether oxygens (including phenoxy) is 2. The second-order valence-corrected chi connectivity index (χ2v) is 3.91. The number of nitrogens with one attached hydrogen (secondary N) is 1. The molecule has 0 saturated carbocycles. The quantitative estimate of drug-likeness (QED) is 0.847. The number of nitrogens with zero attached hydrogens (tertiary/aromatic N) is 1. The first-order chi connectivity index (χ1) is 8.29. The Bertz CT molecular complexity index is 389. The molecule has 2 rings (SSSR count). The Kier molecular flexibility index (Phi) is 3.93. The van der Waals surface area contributed by atoms with Crippen molar-refractivity contribution in [2.75, 3.05) is 20.3 Å². The van der Waals surface area contributed by atoms with Crippen molar-refractivity contribution < 1.29 is 14.3 Å². The molecule has 0 aromatic carbocycles. The molecule has 1 amide bonds. The normalized spacial score (nSPS) is 19.0. The Morgan fingerprint density at radius 2 is 2.53 bits per heavy atom. The Labute approximate surface area is 100 Å². The molecule has 5 nitrogen and oxygen atoms in total. The monoisotopic (exact) mass is 236 g/mol. The van der Waals surface area contributed by atoms with E-state index in [1.54, 1.807) is 18.2 Å². The lowest BCUT2D eigenvalue weighted by atomic mass is 10.2. The van der Waals surface area contributed by atoms with E-state index in [1.165, 1.54) is 7.11 Å². The van der Waals surface area contributed by atoms with Crippen molar-refractivity contribution in [3.63, 3.8) is 0 Å². The molecule has 17 heavy (non-hydrogen) atoms. The summed E-state index contributed by atoms with van der Waals surface area (Å²) in [5.41, 5.74) is 0.363. The van der Waals surface area contributed by atoms with Crippen molar-refractivity contribution in [1.29, 1.82) is 0 Å². The van der Waals surface area contributed by atoms with Crippen LogP contribution in [0.15, 0.2) is 18.2 Å². The Morgan fingerprint density at radius 3 is 3.24 bits per heavy atom. The molecule has 1 aliphatic rings. The number of pyridine rings is 1. The van der Waals surface area contributed by atoms with Crippen LogP contribution in [0.4, 0.5) is 0 Å². The van der Waals surface area contributed by atoms with Crippen molar-refractivity contribution in [3.05, 3.63) is 23.9 Å². The SMILES string of the molecule is COc1cccc(C(=O)NCC2CCCO2)n1. The molecule has 1 aromatic rings. The smallest absolute Gasteiger partial charge is 0.270 e. The topological polar surface area (TPSA) is 60.5 Å². The van der Waals surface area contributed by atoms with Crippen LogP contribution in [0.3, 0.4) is 0 Å². The van der Waals surface area contributed by atoms with Crippen LogP contribution in [-0.4, -0.2) is 37.3 Å². The highest BCUT2D eigenvalue weighted by atomic mass is 16.5. The predicted molar refractivity (Wildman–Crippen MR) is 62.1 cm³/mol. The molecule has 1 unspecified atom stereocenters. The summed E-state index contributed by atoms with van der Waals surface area (Å²) in [6.07, 6.45) is 2.22. The van der Waals surface area contributed by atoms with Crippen LogP contribution in [0, 0.1) is 0 Å². The zero-order valence-electron chi connectivity index (χ0n) is 9.81. The van der Waals surface area contributed by atoms with E-state index in [0.29, 0.717) is 18.1 Å². The summed E-state index contributed by atoms with van der Waals surface area (Å²) >= 11 is 0. The first-order valence-corrected chi connectivity index (χ1v) is 5.70. The average molecular weight is 236 g/mol. The van der Waals surface area contributed by atoms with Crippen LogP contribution in [0.25, 0.3) is 0 Å². The minimum atomic E-state index is -0.195. The third-order valence-corrected chi connectivity index (χ3v) is 2.68. The molecule has 1 N–H and O–H groups in total. The van der Waals surface area contributed by atoms with Gasteiger partial charge in [0.15, 0.2) is 0 Å². The Hall–Kier alpha value is -1.62. The van der Waals surface area contributed by atoms with Crippen molar-refractivity contribution in [1.82, 2.24) is 10.3 Å². The van der Waals surface area contributed by atoms with Crippen LogP contribution in [0.5, 0.6) is 5.88 Å². The van der Waals surface area contributed by atoms with Crippen molar-refractivity contribution in [3.8, 4) is 5.88 Å². The van der Waals surface area contributed by atoms with Gasteiger partial charge in [-0.1, -0.05) is 6.07 Å². The summed E-state index contributed by atoms with van der Waals surface area (Å²) in [6.45, 7) is 1.33. The molecule has 1 aliphatic heterocycles. The fourth-order valence-electron chi connectivity index (χ4n) is 1.76. The molecule has 0 bridgehead atoms. The first kappa shape index (κ1) is 11.9. The number of hydrogen-bond donors (Lipinski definition) is 1. The van der Waals surface area contributed by atoms with Gasteiger partial charge in [0.1, 0.15) is 5.69 Å². The minimum absolute atomic E-state index is 0.143. The van der Waals surface area contributed by atoms with Gasteiger partial charge in [-0.25, -0.2) is 4.98 Å². The van der Waals surface area contributed by atoms with E-state index < -0.39 is 0 Å². The summed E-state index contributed by atoms with van der Waals surface area (Å²) in [5.74, 6) is 0.245. The van der Waals surface area contributed by atoms with Crippen LogP contribution in [-0.2, 0) is 4.74 Å². The van der Waals surface area contributed by atoms with Gasteiger partial charge in [0, 0.05) is 19.2 Å². The maximum Gasteiger partial charge on any atom is 0.270 e. The van der Waals surface area contributed by atoms with E-state index >= 15 is 0 Å². The Morgan fingerprint density at radius 1 is 1.65 bits per heavy atom. The van der Waals surface area contributed by atoms with Gasteiger partial charge in [0.25, 0.3) is 5.91 Å². The number of hydrogen-bond acceptors (Lipinski definition) is 4. The van der Waals surface area contributed by atoms with Crippen LogP contribution in [0.2, 0.25) is 0 Å². The van der Waals surface area contributed by atoms with Crippen molar-refractivity contribution in [2.45, 2.75) is 18.9 Å². The number of carbonyl (C=O) groups is 1. The van der Waals surface area contributed by atoms with E-state index in [9.17, 15) is 4.79 Å². The van der Waals surface area contributed by atoms with Gasteiger partial charge in [-0.3, -0.25) is 4.79 Å². The standard InChI is InChI=1S/C12H16N2O3/c1-16-11-6-2-5-10(14-11)12(15)13-8-9-4-3-7-17-9/h2,5-6,9H,3-4,7-8H2,1H3,(H,13,15). The van der Waals surface area contributed by atoms with E-state index in [-0.39, 0.29) is 12.0 Å². The van der Waals surface area contributed by atoms with Gasteiger partial charge in [0.05, 0.1) is 13.2 Å². The summed E-state index contributed by atoms with van der Waals surface area (Å²) in [5, 5.41) is 2.81. The highest BCUT2D eigenvalue weighted by Crippen LogP contribution is 2.11. The lowest BCUT2D eigenvalue weighted by Crippen LogP contribution is -2.32. The van der Waals surface area contributed by atoms with Crippen LogP contribution < -0.4 is 10.1 Å². The highest BCUT2D eigenvalue weighted by Gasteiger charge is 2.17. The van der Waals surface area contributed by atoms with Gasteiger partial charge in [-0.15, -0.1) is 0 Å². The molecule has 92 valence electrons. The molecule has 0 radical (unpaired) electrons. The number of methoxy groups -OCH3 is 1. The predicted octanol–water partition coefficient (Wildman–Crippen LogP) is 0.999. The van der Waals surface area contributed by atoms with E-state index in [0.717, 1.165) is 19.4 Å². The highest BCUT2D eigenvalue weighted by molar-refractivity contribution is 5.92. The Balaban J connectivity index is 1.89. The van der Waals surface area contributed by atoms with Gasteiger partial charge in [-0.05, 0) is 18.9 Å². The summed E-state index contributed by atoms with van der Waals surface area (Å²) in [6, 6.07) is 5.11. The molecule has 1 saturated heterocycles. The van der Waals surface area contributed by atoms with E-state index in [2.05, 4.69) is 10.3 Å². The minimum Gasteiger partial charge on any atom is -0.481 e. The number of carbonyl (C=O) groups excluding carboxylic acids is 1. The molecule has 5 heteroatoms. The van der Waals surface area contributed by atoms with Crippen LogP contribution in [0.1, 0.15) is 23.3 Å². The molecular formula is C12H16N2O3. The zero-order chi connectivity index (χ0) is 12.1. The summed E-state index contributed by atoms with van der Waals surface area (Å²) in [4.78, 5) is 15.8. The van der Waals surface area contributed by atoms with Gasteiger partial charge < -0.3 is 14.8 Å². The third-order valence-electron chi connectivity index (χ3n) is 2.68. The second-order valence-electron chi connectivity index (χ2n) is 3.91. The molecule has 1 aromatic heterocycles. The van der Waals surface area contributed by atoms with E-state index in [4.69, 9.17) is 9.47 Å². The molecular weight excluding hydrogens is 220 g/mol. The maximum atomic E-state index is 11.8.